The van der Waals surface area contributed by atoms with Crippen molar-refractivity contribution in [1.82, 2.24) is 4.98 Å². The van der Waals surface area contributed by atoms with E-state index >= 15 is 0 Å². The standard InChI is InChI=1S/C13H16N2O2S/c1-16-11-4-3-9(12(6-11)17-2)5-13-15-10(7-14)8-18-13/h3-4,6,8H,5,7,14H2,1-2H3. The molecule has 96 valence electrons. The molecule has 4 nitrogen and oxygen atoms in total. The summed E-state index contributed by atoms with van der Waals surface area (Å²) in [5.41, 5.74) is 7.58. The topological polar surface area (TPSA) is 57.4 Å². The van der Waals surface area contributed by atoms with Gasteiger partial charge in [0.2, 0.25) is 0 Å². The van der Waals surface area contributed by atoms with Crippen molar-refractivity contribution in [3.05, 3.63) is 39.8 Å². The minimum atomic E-state index is 0.482. The van der Waals surface area contributed by atoms with Crippen molar-refractivity contribution in [3.8, 4) is 11.5 Å². The molecular formula is C13H16N2O2S. The monoisotopic (exact) mass is 264 g/mol. The normalized spacial score (nSPS) is 10.4. The molecule has 2 N–H and O–H groups in total. The van der Waals surface area contributed by atoms with Gasteiger partial charge in [-0.15, -0.1) is 11.3 Å². The van der Waals surface area contributed by atoms with Crippen molar-refractivity contribution in [1.29, 1.82) is 0 Å². The maximum Gasteiger partial charge on any atom is 0.126 e. The predicted octanol–water partition coefficient (Wildman–Crippen LogP) is 2.21. The molecule has 0 fully saturated rings. The van der Waals surface area contributed by atoms with Crippen molar-refractivity contribution >= 4 is 11.3 Å². The number of hydrogen-bond donors (Lipinski definition) is 1. The lowest BCUT2D eigenvalue weighted by Gasteiger charge is -2.09. The SMILES string of the molecule is COc1ccc(Cc2nc(CN)cs2)c(OC)c1. The summed E-state index contributed by atoms with van der Waals surface area (Å²) in [5, 5.41) is 3.03. The number of nitrogens with zero attached hydrogens (tertiary/aromatic N) is 1. The van der Waals surface area contributed by atoms with Crippen LogP contribution in [0.2, 0.25) is 0 Å². The van der Waals surface area contributed by atoms with Crippen LogP contribution >= 0.6 is 11.3 Å². The highest BCUT2D eigenvalue weighted by Gasteiger charge is 2.08. The molecular weight excluding hydrogens is 248 g/mol. The summed E-state index contributed by atoms with van der Waals surface area (Å²) in [6.07, 6.45) is 0.748. The number of methoxy groups -OCH3 is 2. The molecule has 1 heterocycles. The number of hydrogen-bond acceptors (Lipinski definition) is 5. The van der Waals surface area contributed by atoms with E-state index in [0.29, 0.717) is 6.54 Å². The Balaban J connectivity index is 2.22. The van der Waals surface area contributed by atoms with E-state index in [1.54, 1.807) is 25.6 Å². The number of rotatable bonds is 5. The van der Waals surface area contributed by atoms with Gasteiger partial charge in [-0.3, -0.25) is 0 Å². The van der Waals surface area contributed by atoms with Crippen LogP contribution in [0.5, 0.6) is 11.5 Å². The second kappa shape index (κ2) is 5.84. The van der Waals surface area contributed by atoms with Gasteiger partial charge in [0.05, 0.1) is 24.9 Å². The van der Waals surface area contributed by atoms with Crippen molar-refractivity contribution in [2.45, 2.75) is 13.0 Å². The quantitative estimate of drug-likeness (QED) is 0.899. The molecule has 5 heteroatoms. The first-order valence-electron chi connectivity index (χ1n) is 5.61. The van der Waals surface area contributed by atoms with Gasteiger partial charge in [-0.05, 0) is 6.07 Å². The van der Waals surface area contributed by atoms with E-state index in [1.807, 2.05) is 23.6 Å². The van der Waals surface area contributed by atoms with Gasteiger partial charge >= 0.3 is 0 Å². The summed E-state index contributed by atoms with van der Waals surface area (Å²) in [6, 6.07) is 5.81. The van der Waals surface area contributed by atoms with Crippen LogP contribution in [0.3, 0.4) is 0 Å². The van der Waals surface area contributed by atoms with Gasteiger partial charge in [0.15, 0.2) is 0 Å². The summed E-state index contributed by atoms with van der Waals surface area (Å²) >= 11 is 1.62. The average Bonchev–Trinajstić information content (AvgIpc) is 2.87. The largest absolute Gasteiger partial charge is 0.497 e. The maximum absolute atomic E-state index is 5.55. The zero-order chi connectivity index (χ0) is 13.0. The molecule has 1 aromatic heterocycles. The van der Waals surface area contributed by atoms with Crippen LogP contribution in [0.25, 0.3) is 0 Å². The van der Waals surface area contributed by atoms with Crippen molar-refractivity contribution in [3.63, 3.8) is 0 Å². The van der Waals surface area contributed by atoms with Crippen molar-refractivity contribution in [2.75, 3.05) is 14.2 Å². The predicted molar refractivity (Wildman–Crippen MR) is 72.4 cm³/mol. The molecule has 0 amide bonds. The summed E-state index contributed by atoms with van der Waals surface area (Å²) < 4.78 is 10.5. The van der Waals surface area contributed by atoms with Gasteiger partial charge in [-0.25, -0.2) is 4.98 Å². The lowest BCUT2D eigenvalue weighted by Crippen LogP contribution is -1.98. The molecule has 0 aliphatic carbocycles. The molecule has 2 aromatic rings. The third-order valence-corrected chi connectivity index (χ3v) is 3.54. The summed E-state index contributed by atoms with van der Waals surface area (Å²) in [6.45, 7) is 0.482. The second-order valence-corrected chi connectivity index (χ2v) is 4.73. The highest BCUT2D eigenvalue weighted by Crippen LogP contribution is 2.27. The third-order valence-electron chi connectivity index (χ3n) is 2.64. The smallest absolute Gasteiger partial charge is 0.126 e. The van der Waals surface area contributed by atoms with E-state index in [4.69, 9.17) is 15.2 Å². The Morgan fingerprint density at radius 1 is 1.28 bits per heavy atom. The van der Waals surface area contributed by atoms with E-state index < -0.39 is 0 Å². The minimum absolute atomic E-state index is 0.482. The Bertz CT molecular complexity index is 525. The van der Waals surface area contributed by atoms with Gasteiger partial charge in [0, 0.05) is 30.0 Å². The zero-order valence-corrected chi connectivity index (χ0v) is 11.3. The highest BCUT2D eigenvalue weighted by atomic mass is 32.1. The average molecular weight is 264 g/mol. The molecule has 0 saturated carbocycles. The fraction of sp³-hybridized carbons (Fsp3) is 0.308. The van der Waals surface area contributed by atoms with Gasteiger partial charge < -0.3 is 15.2 Å². The van der Waals surface area contributed by atoms with E-state index in [-0.39, 0.29) is 0 Å². The van der Waals surface area contributed by atoms with Crippen LogP contribution in [-0.4, -0.2) is 19.2 Å². The fourth-order valence-electron chi connectivity index (χ4n) is 1.68. The Morgan fingerprint density at radius 3 is 2.72 bits per heavy atom. The first kappa shape index (κ1) is 12.9. The molecule has 0 atom stereocenters. The Morgan fingerprint density at radius 2 is 2.11 bits per heavy atom. The molecule has 0 saturated heterocycles. The summed E-state index contributed by atoms with van der Waals surface area (Å²) in [5.74, 6) is 1.61. The third kappa shape index (κ3) is 2.80. The minimum Gasteiger partial charge on any atom is -0.497 e. The van der Waals surface area contributed by atoms with E-state index in [9.17, 15) is 0 Å². The van der Waals surface area contributed by atoms with Crippen LogP contribution < -0.4 is 15.2 Å². The summed E-state index contributed by atoms with van der Waals surface area (Å²) in [4.78, 5) is 4.45. The molecule has 1 aromatic carbocycles. The second-order valence-electron chi connectivity index (χ2n) is 3.79. The summed E-state index contributed by atoms with van der Waals surface area (Å²) in [7, 11) is 3.30. The van der Waals surface area contributed by atoms with Gasteiger partial charge in [0.25, 0.3) is 0 Å². The van der Waals surface area contributed by atoms with E-state index in [2.05, 4.69) is 4.98 Å². The highest BCUT2D eigenvalue weighted by molar-refractivity contribution is 7.09. The van der Waals surface area contributed by atoms with Crippen molar-refractivity contribution < 1.29 is 9.47 Å². The van der Waals surface area contributed by atoms with Crippen LogP contribution in [0.1, 0.15) is 16.3 Å². The van der Waals surface area contributed by atoms with E-state index in [0.717, 1.165) is 34.2 Å². The lowest BCUT2D eigenvalue weighted by atomic mass is 10.1. The number of ether oxygens (including phenoxy) is 2. The zero-order valence-electron chi connectivity index (χ0n) is 10.5. The molecule has 0 spiro atoms. The molecule has 0 aliphatic heterocycles. The number of aromatic nitrogens is 1. The van der Waals surface area contributed by atoms with Crippen LogP contribution in [-0.2, 0) is 13.0 Å². The van der Waals surface area contributed by atoms with Gasteiger partial charge in [-0.1, -0.05) is 6.07 Å². The fourth-order valence-corrected chi connectivity index (χ4v) is 2.51. The molecule has 0 bridgehead atoms. The molecule has 0 radical (unpaired) electrons. The molecule has 2 rings (SSSR count). The van der Waals surface area contributed by atoms with Crippen molar-refractivity contribution in [2.24, 2.45) is 5.73 Å². The Kier molecular flexibility index (Phi) is 4.17. The number of thiazole rings is 1. The number of nitrogens with two attached hydrogens (primary N) is 1. The Hall–Kier alpha value is -1.59. The van der Waals surface area contributed by atoms with E-state index in [1.165, 1.54) is 0 Å². The number of benzene rings is 1. The first-order valence-corrected chi connectivity index (χ1v) is 6.49. The molecule has 0 unspecified atom stereocenters. The maximum atomic E-state index is 5.55. The molecule has 0 aliphatic rings. The van der Waals surface area contributed by atoms with Crippen LogP contribution in [0.4, 0.5) is 0 Å². The van der Waals surface area contributed by atoms with Gasteiger partial charge in [0.1, 0.15) is 11.5 Å². The Labute approximate surface area is 110 Å². The first-order chi connectivity index (χ1) is 8.76. The lowest BCUT2D eigenvalue weighted by molar-refractivity contribution is 0.391. The molecule has 18 heavy (non-hydrogen) atoms. The van der Waals surface area contributed by atoms with Crippen LogP contribution in [0.15, 0.2) is 23.6 Å². The van der Waals surface area contributed by atoms with Crippen LogP contribution in [0, 0.1) is 0 Å². The van der Waals surface area contributed by atoms with Gasteiger partial charge in [-0.2, -0.15) is 0 Å².